The van der Waals surface area contributed by atoms with Crippen LogP contribution in [0.15, 0.2) is 46.9 Å². The first-order valence-corrected chi connectivity index (χ1v) is 8.07. The summed E-state index contributed by atoms with van der Waals surface area (Å²) in [5, 5.41) is 12.0. The van der Waals surface area contributed by atoms with Gasteiger partial charge in [-0.3, -0.25) is 0 Å². The van der Waals surface area contributed by atoms with Crippen LogP contribution in [0, 0.1) is 0 Å². The van der Waals surface area contributed by atoms with Crippen molar-refractivity contribution >= 4 is 11.6 Å². The van der Waals surface area contributed by atoms with Gasteiger partial charge in [0.15, 0.2) is 11.5 Å². The predicted molar refractivity (Wildman–Crippen MR) is 94.8 cm³/mol. The van der Waals surface area contributed by atoms with E-state index in [2.05, 4.69) is 15.5 Å². The van der Waals surface area contributed by atoms with Gasteiger partial charge in [-0.25, -0.2) is 0 Å². The molecule has 1 aromatic heterocycles. The lowest BCUT2D eigenvalue weighted by molar-refractivity contribution is 0.354. The molecule has 7 heteroatoms. The average molecular weight is 360 g/mol. The number of benzene rings is 2. The van der Waals surface area contributed by atoms with Crippen LogP contribution in [0.25, 0.3) is 11.5 Å². The minimum Gasteiger partial charge on any atom is -0.493 e. The van der Waals surface area contributed by atoms with Gasteiger partial charge in [-0.15, -0.1) is 10.2 Å². The van der Waals surface area contributed by atoms with Gasteiger partial charge in [-0.1, -0.05) is 17.7 Å². The summed E-state index contributed by atoms with van der Waals surface area (Å²) >= 11 is 5.88. The maximum atomic E-state index is 5.88. The molecular formula is C18H18ClN3O3. The molecule has 1 heterocycles. The Kier molecular flexibility index (Phi) is 5.53. The molecule has 3 rings (SSSR count). The summed E-state index contributed by atoms with van der Waals surface area (Å²) in [4.78, 5) is 0. The minimum atomic E-state index is 0.467. The van der Waals surface area contributed by atoms with E-state index >= 15 is 0 Å². The van der Waals surface area contributed by atoms with Gasteiger partial charge in [0.2, 0.25) is 11.8 Å². The van der Waals surface area contributed by atoms with Gasteiger partial charge in [-0.2, -0.15) is 0 Å². The molecule has 0 radical (unpaired) electrons. The lowest BCUT2D eigenvalue weighted by atomic mass is 10.2. The van der Waals surface area contributed by atoms with Crippen molar-refractivity contribution in [2.24, 2.45) is 0 Å². The van der Waals surface area contributed by atoms with E-state index in [0.717, 1.165) is 11.1 Å². The standard InChI is InChI=1S/C18H18ClN3O3/c1-23-15-8-3-12(9-16(15)24-2)10-20-11-17-21-22-18(25-17)13-4-6-14(19)7-5-13/h3-9,20H,10-11H2,1-2H3. The topological polar surface area (TPSA) is 69.4 Å². The highest BCUT2D eigenvalue weighted by molar-refractivity contribution is 6.30. The lowest BCUT2D eigenvalue weighted by Crippen LogP contribution is -2.13. The molecule has 25 heavy (non-hydrogen) atoms. The van der Waals surface area contributed by atoms with E-state index in [4.69, 9.17) is 25.5 Å². The molecule has 2 aromatic carbocycles. The van der Waals surface area contributed by atoms with Crippen molar-refractivity contribution in [2.45, 2.75) is 13.1 Å². The lowest BCUT2D eigenvalue weighted by Gasteiger charge is -2.09. The van der Waals surface area contributed by atoms with Crippen LogP contribution >= 0.6 is 11.6 Å². The number of aromatic nitrogens is 2. The third-order valence-electron chi connectivity index (χ3n) is 3.61. The number of hydrogen-bond donors (Lipinski definition) is 1. The Hall–Kier alpha value is -2.57. The fraction of sp³-hybridized carbons (Fsp3) is 0.222. The minimum absolute atomic E-state index is 0.467. The second kappa shape index (κ2) is 8.00. The second-order valence-corrected chi connectivity index (χ2v) is 5.74. The second-order valence-electron chi connectivity index (χ2n) is 5.30. The third-order valence-corrected chi connectivity index (χ3v) is 3.86. The first kappa shape index (κ1) is 17.3. The zero-order valence-electron chi connectivity index (χ0n) is 14.0. The van der Waals surface area contributed by atoms with Gasteiger partial charge < -0.3 is 19.2 Å². The van der Waals surface area contributed by atoms with Crippen LogP contribution in [0.5, 0.6) is 11.5 Å². The predicted octanol–water partition coefficient (Wildman–Crippen LogP) is 3.70. The van der Waals surface area contributed by atoms with Crippen LogP contribution in [0.3, 0.4) is 0 Å². The molecule has 0 saturated heterocycles. The molecule has 0 saturated carbocycles. The summed E-state index contributed by atoms with van der Waals surface area (Å²) in [7, 11) is 3.23. The molecule has 130 valence electrons. The third kappa shape index (κ3) is 4.29. The van der Waals surface area contributed by atoms with E-state index in [-0.39, 0.29) is 0 Å². The first-order valence-electron chi connectivity index (χ1n) is 7.69. The molecular weight excluding hydrogens is 342 g/mol. The van der Waals surface area contributed by atoms with Crippen molar-refractivity contribution in [3.8, 4) is 23.0 Å². The average Bonchev–Trinajstić information content (AvgIpc) is 3.11. The maximum absolute atomic E-state index is 5.88. The van der Waals surface area contributed by atoms with Crippen molar-refractivity contribution in [1.82, 2.24) is 15.5 Å². The normalized spacial score (nSPS) is 10.7. The van der Waals surface area contributed by atoms with Gasteiger partial charge in [0, 0.05) is 17.1 Å². The summed E-state index contributed by atoms with van der Waals surface area (Å²) in [6.07, 6.45) is 0. The molecule has 0 fully saturated rings. The van der Waals surface area contributed by atoms with Crippen LogP contribution in [-0.2, 0) is 13.1 Å². The van der Waals surface area contributed by atoms with E-state index in [1.54, 1.807) is 26.4 Å². The van der Waals surface area contributed by atoms with Crippen molar-refractivity contribution in [1.29, 1.82) is 0 Å². The fourth-order valence-corrected chi connectivity index (χ4v) is 2.46. The molecule has 1 N–H and O–H groups in total. The van der Waals surface area contributed by atoms with Crippen LogP contribution < -0.4 is 14.8 Å². The van der Waals surface area contributed by atoms with Gasteiger partial charge in [0.25, 0.3) is 0 Å². The highest BCUT2D eigenvalue weighted by atomic mass is 35.5. The highest BCUT2D eigenvalue weighted by Crippen LogP contribution is 2.27. The molecule has 6 nitrogen and oxygen atoms in total. The van der Waals surface area contributed by atoms with E-state index in [1.807, 2.05) is 30.3 Å². The van der Waals surface area contributed by atoms with Gasteiger partial charge >= 0.3 is 0 Å². The first-order chi connectivity index (χ1) is 12.2. The van der Waals surface area contributed by atoms with E-state index in [9.17, 15) is 0 Å². The Balaban J connectivity index is 1.58. The monoisotopic (exact) mass is 359 g/mol. The Morgan fingerprint density at radius 3 is 2.44 bits per heavy atom. The molecule has 0 atom stereocenters. The number of ether oxygens (including phenoxy) is 2. The van der Waals surface area contributed by atoms with Gasteiger partial charge in [0.1, 0.15) is 0 Å². The molecule has 0 aliphatic carbocycles. The molecule has 3 aromatic rings. The number of nitrogens with zero attached hydrogens (tertiary/aromatic N) is 2. The van der Waals surface area contributed by atoms with Gasteiger partial charge in [0.05, 0.1) is 20.8 Å². The summed E-state index contributed by atoms with van der Waals surface area (Å²) in [5.74, 6) is 2.39. The summed E-state index contributed by atoms with van der Waals surface area (Å²) in [6.45, 7) is 1.11. The van der Waals surface area contributed by atoms with Crippen molar-refractivity contribution in [2.75, 3.05) is 14.2 Å². The van der Waals surface area contributed by atoms with E-state index in [1.165, 1.54) is 0 Å². The zero-order valence-corrected chi connectivity index (χ0v) is 14.7. The number of rotatable bonds is 7. The number of hydrogen-bond acceptors (Lipinski definition) is 6. The van der Waals surface area contributed by atoms with Crippen LogP contribution in [0.2, 0.25) is 5.02 Å². The molecule has 0 bridgehead atoms. The van der Waals surface area contributed by atoms with E-state index in [0.29, 0.717) is 41.4 Å². The smallest absolute Gasteiger partial charge is 0.247 e. The Morgan fingerprint density at radius 2 is 1.72 bits per heavy atom. The SMILES string of the molecule is COc1ccc(CNCc2nnc(-c3ccc(Cl)cc3)o2)cc1OC. The number of halogens is 1. The largest absolute Gasteiger partial charge is 0.493 e. The van der Waals surface area contributed by atoms with Crippen LogP contribution in [0.4, 0.5) is 0 Å². The van der Waals surface area contributed by atoms with E-state index < -0.39 is 0 Å². The van der Waals surface area contributed by atoms with Crippen LogP contribution in [0.1, 0.15) is 11.5 Å². The van der Waals surface area contributed by atoms with Crippen molar-refractivity contribution in [3.63, 3.8) is 0 Å². The summed E-state index contributed by atoms with van der Waals surface area (Å²) < 4.78 is 16.2. The number of nitrogens with one attached hydrogen (secondary N) is 1. The molecule has 0 aliphatic rings. The molecule has 0 spiro atoms. The quantitative estimate of drug-likeness (QED) is 0.693. The van der Waals surface area contributed by atoms with Gasteiger partial charge in [-0.05, 0) is 42.0 Å². The Morgan fingerprint density at radius 1 is 0.960 bits per heavy atom. The highest BCUT2D eigenvalue weighted by Gasteiger charge is 2.09. The maximum Gasteiger partial charge on any atom is 0.247 e. The molecule has 0 amide bonds. The number of methoxy groups -OCH3 is 2. The summed E-state index contributed by atoms with van der Waals surface area (Å²) in [6, 6.07) is 13.0. The molecule has 0 unspecified atom stereocenters. The Labute approximate surface area is 150 Å². The van der Waals surface area contributed by atoms with Crippen molar-refractivity contribution in [3.05, 3.63) is 58.9 Å². The van der Waals surface area contributed by atoms with Crippen LogP contribution in [-0.4, -0.2) is 24.4 Å². The fourth-order valence-electron chi connectivity index (χ4n) is 2.34. The van der Waals surface area contributed by atoms with Crippen molar-refractivity contribution < 1.29 is 13.9 Å². The Bertz CT molecular complexity index is 834. The summed E-state index contributed by atoms with van der Waals surface area (Å²) in [5.41, 5.74) is 1.90. The molecule has 0 aliphatic heterocycles. The zero-order chi connectivity index (χ0) is 17.6.